The van der Waals surface area contributed by atoms with Crippen molar-refractivity contribution in [3.05, 3.63) is 17.2 Å². The molecule has 4 nitrogen and oxygen atoms in total. The van der Waals surface area contributed by atoms with Crippen molar-refractivity contribution >= 4 is 5.97 Å². The Morgan fingerprint density at radius 1 is 1.19 bits per heavy atom. The van der Waals surface area contributed by atoms with E-state index in [1.165, 1.54) is 0 Å². The monoisotopic (exact) mass is 220 g/mol. The predicted octanol–water partition coefficient (Wildman–Crippen LogP) is 1.48. The van der Waals surface area contributed by atoms with Gasteiger partial charge in [-0.3, -0.25) is 4.79 Å². The van der Waals surface area contributed by atoms with E-state index < -0.39 is 0 Å². The lowest BCUT2D eigenvalue weighted by Gasteiger charge is -2.20. The minimum atomic E-state index is -0.187. The van der Waals surface area contributed by atoms with Gasteiger partial charge in [0.1, 0.15) is 17.2 Å². The van der Waals surface area contributed by atoms with E-state index in [9.17, 15) is 4.79 Å². The molecule has 3 rings (SSSR count). The third-order valence-electron chi connectivity index (χ3n) is 3.02. The summed E-state index contributed by atoms with van der Waals surface area (Å²) in [5.74, 6) is 2.02. The number of benzene rings is 1. The molecule has 0 unspecified atom stereocenters. The predicted molar refractivity (Wildman–Crippen MR) is 56.1 cm³/mol. The van der Waals surface area contributed by atoms with Crippen LogP contribution in [0.25, 0.3) is 0 Å². The van der Waals surface area contributed by atoms with E-state index in [4.69, 9.17) is 14.2 Å². The number of esters is 1. The minimum Gasteiger partial charge on any atom is -0.496 e. The molecule has 0 atom stereocenters. The van der Waals surface area contributed by atoms with Crippen LogP contribution in [0, 0.1) is 0 Å². The van der Waals surface area contributed by atoms with E-state index in [0.717, 1.165) is 29.0 Å². The maximum atomic E-state index is 11.2. The van der Waals surface area contributed by atoms with Gasteiger partial charge in [0.2, 0.25) is 0 Å². The van der Waals surface area contributed by atoms with Gasteiger partial charge in [-0.25, -0.2) is 0 Å². The van der Waals surface area contributed by atoms with Crippen LogP contribution < -0.4 is 14.2 Å². The van der Waals surface area contributed by atoms with Gasteiger partial charge in [-0.05, 0) is 6.42 Å². The summed E-state index contributed by atoms with van der Waals surface area (Å²) in [6.07, 6.45) is 1.97. The van der Waals surface area contributed by atoms with Gasteiger partial charge >= 0.3 is 5.97 Å². The van der Waals surface area contributed by atoms with Gasteiger partial charge in [-0.15, -0.1) is 0 Å². The normalized spacial score (nSPS) is 17.2. The first kappa shape index (κ1) is 9.51. The van der Waals surface area contributed by atoms with Gasteiger partial charge < -0.3 is 14.2 Å². The Bertz CT molecular complexity index is 465. The maximum absolute atomic E-state index is 11.2. The first-order valence-electron chi connectivity index (χ1n) is 5.36. The molecule has 0 saturated carbocycles. The highest BCUT2D eigenvalue weighted by Gasteiger charge is 2.28. The Hall–Kier alpha value is -1.71. The van der Waals surface area contributed by atoms with Crippen LogP contribution in [0.4, 0.5) is 0 Å². The van der Waals surface area contributed by atoms with E-state index in [1.807, 2.05) is 0 Å². The van der Waals surface area contributed by atoms with Crippen molar-refractivity contribution in [3.8, 4) is 17.2 Å². The lowest BCUT2D eigenvalue weighted by atomic mass is 10.00. The number of ether oxygens (including phenoxy) is 3. The average molecular weight is 220 g/mol. The largest absolute Gasteiger partial charge is 0.496 e. The van der Waals surface area contributed by atoms with Gasteiger partial charge in [0.05, 0.1) is 20.1 Å². The fourth-order valence-corrected chi connectivity index (χ4v) is 2.30. The highest BCUT2D eigenvalue weighted by atomic mass is 16.5. The van der Waals surface area contributed by atoms with Gasteiger partial charge in [-0.2, -0.15) is 0 Å². The van der Waals surface area contributed by atoms with Crippen molar-refractivity contribution in [1.29, 1.82) is 0 Å². The lowest BCUT2D eigenvalue weighted by Crippen LogP contribution is -2.16. The summed E-state index contributed by atoms with van der Waals surface area (Å²) in [6, 6.07) is 1.80. The van der Waals surface area contributed by atoms with Crippen LogP contribution in [0.3, 0.4) is 0 Å². The molecular formula is C12H12O4. The SMILES string of the molecule is COc1c2c(cc3c1CCC(=O)O3)OCC2. The van der Waals surface area contributed by atoms with Crippen LogP contribution in [0.5, 0.6) is 17.2 Å². The van der Waals surface area contributed by atoms with Crippen molar-refractivity contribution in [2.45, 2.75) is 19.3 Å². The minimum absolute atomic E-state index is 0.187. The molecule has 0 spiro atoms. The Morgan fingerprint density at radius 2 is 2.00 bits per heavy atom. The molecule has 0 amide bonds. The molecule has 0 aromatic heterocycles. The Labute approximate surface area is 93.1 Å². The second-order valence-corrected chi connectivity index (χ2v) is 3.94. The Kier molecular flexibility index (Phi) is 2.02. The van der Waals surface area contributed by atoms with Crippen LogP contribution in [0.15, 0.2) is 6.07 Å². The van der Waals surface area contributed by atoms with Crippen LogP contribution in [0.2, 0.25) is 0 Å². The fraction of sp³-hybridized carbons (Fsp3) is 0.417. The summed E-state index contributed by atoms with van der Waals surface area (Å²) in [4.78, 5) is 11.2. The first-order chi connectivity index (χ1) is 7.79. The second-order valence-electron chi connectivity index (χ2n) is 3.94. The molecule has 1 aromatic carbocycles. The van der Waals surface area contributed by atoms with Gasteiger partial charge in [0, 0.05) is 23.6 Å². The van der Waals surface area contributed by atoms with Crippen LogP contribution in [0.1, 0.15) is 17.5 Å². The molecule has 0 fully saturated rings. The van der Waals surface area contributed by atoms with Crippen molar-refractivity contribution in [3.63, 3.8) is 0 Å². The molecule has 0 aliphatic carbocycles. The molecule has 0 bridgehead atoms. The number of rotatable bonds is 1. The summed E-state index contributed by atoms with van der Waals surface area (Å²) in [7, 11) is 1.64. The maximum Gasteiger partial charge on any atom is 0.311 e. The molecule has 2 heterocycles. The highest BCUT2D eigenvalue weighted by Crippen LogP contribution is 2.44. The summed E-state index contributed by atoms with van der Waals surface area (Å²) in [5, 5.41) is 0. The lowest BCUT2D eigenvalue weighted by molar-refractivity contribution is -0.135. The molecule has 1 aromatic rings. The van der Waals surface area contributed by atoms with Crippen LogP contribution in [-0.4, -0.2) is 19.7 Å². The number of fused-ring (bicyclic) bond motifs is 2. The zero-order chi connectivity index (χ0) is 11.1. The number of carbonyl (C=O) groups is 1. The molecule has 0 saturated heterocycles. The van der Waals surface area contributed by atoms with Crippen molar-refractivity contribution in [1.82, 2.24) is 0 Å². The van der Waals surface area contributed by atoms with E-state index in [-0.39, 0.29) is 5.97 Å². The zero-order valence-corrected chi connectivity index (χ0v) is 9.04. The molecule has 0 radical (unpaired) electrons. The van der Waals surface area contributed by atoms with Gasteiger partial charge in [-0.1, -0.05) is 0 Å². The van der Waals surface area contributed by atoms with Crippen molar-refractivity contribution in [2.24, 2.45) is 0 Å². The summed E-state index contributed by atoms with van der Waals surface area (Å²) in [5.41, 5.74) is 2.09. The summed E-state index contributed by atoms with van der Waals surface area (Å²) in [6.45, 7) is 0.669. The third kappa shape index (κ3) is 1.26. The number of carbonyl (C=O) groups excluding carboxylic acids is 1. The molecular weight excluding hydrogens is 208 g/mol. The van der Waals surface area contributed by atoms with E-state index in [2.05, 4.69) is 0 Å². The highest BCUT2D eigenvalue weighted by molar-refractivity contribution is 5.77. The quantitative estimate of drug-likeness (QED) is 0.531. The molecule has 0 N–H and O–H groups in total. The Morgan fingerprint density at radius 3 is 2.81 bits per heavy atom. The summed E-state index contributed by atoms with van der Waals surface area (Å²) < 4.78 is 16.1. The van der Waals surface area contributed by atoms with Crippen molar-refractivity contribution in [2.75, 3.05) is 13.7 Å². The summed E-state index contributed by atoms with van der Waals surface area (Å²) >= 11 is 0. The molecule has 4 heteroatoms. The van der Waals surface area contributed by atoms with Crippen LogP contribution >= 0.6 is 0 Å². The van der Waals surface area contributed by atoms with Crippen LogP contribution in [-0.2, 0) is 17.6 Å². The van der Waals surface area contributed by atoms with Crippen molar-refractivity contribution < 1.29 is 19.0 Å². The number of hydrogen-bond acceptors (Lipinski definition) is 4. The standard InChI is InChI=1S/C12H12O4/c1-14-12-7-2-3-11(13)16-10(7)6-9-8(12)4-5-15-9/h6H,2-5H2,1H3. The third-order valence-corrected chi connectivity index (χ3v) is 3.02. The van der Waals surface area contributed by atoms with Gasteiger partial charge in [0.25, 0.3) is 0 Å². The van der Waals surface area contributed by atoms with E-state index in [0.29, 0.717) is 25.2 Å². The zero-order valence-electron chi connectivity index (χ0n) is 9.04. The molecule has 2 aliphatic rings. The number of methoxy groups -OCH3 is 1. The fourth-order valence-electron chi connectivity index (χ4n) is 2.30. The molecule has 16 heavy (non-hydrogen) atoms. The second kappa shape index (κ2) is 3.40. The smallest absolute Gasteiger partial charge is 0.311 e. The average Bonchev–Trinajstić information content (AvgIpc) is 2.73. The Balaban J connectivity index is 2.18. The van der Waals surface area contributed by atoms with Gasteiger partial charge in [0.15, 0.2) is 0 Å². The molecule has 84 valence electrons. The van der Waals surface area contributed by atoms with E-state index >= 15 is 0 Å². The first-order valence-corrected chi connectivity index (χ1v) is 5.36. The molecule has 2 aliphatic heterocycles. The number of hydrogen-bond donors (Lipinski definition) is 0. The topological polar surface area (TPSA) is 44.8 Å². The van der Waals surface area contributed by atoms with E-state index in [1.54, 1.807) is 13.2 Å².